The first-order valence-electron chi connectivity index (χ1n) is 7.58. The molecule has 1 rings (SSSR count). The molecule has 1 fully saturated rings. The van der Waals surface area contributed by atoms with Gasteiger partial charge in [0.15, 0.2) is 0 Å². The Kier molecular flexibility index (Phi) is 4.37. The zero-order valence-corrected chi connectivity index (χ0v) is 13.6. The molecular formula is C17H33N. The molecule has 0 radical (unpaired) electrons. The molecule has 1 aliphatic heterocycles. The van der Waals surface area contributed by atoms with Gasteiger partial charge in [0.2, 0.25) is 0 Å². The Balaban J connectivity index is 2.84. The van der Waals surface area contributed by atoms with Crippen LogP contribution in [0.1, 0.15) is 74.1 Å². The van der Waals surface area contributed by atoms with Crippen LogP contribution in [-0.4, -0.2) is 11.1 Å². The van der Waals surface area contributed by atoms with Gasteiger partial charge in [-0.05, 0) is 38.0 Å². The smallest absolute Gasteiger partial charge is 0.0578 e. The summed E-state index contributed by atoms with van der Waals surface area (Å²) in [5, 5.41) is 3.83. The van der Waals surface area contributed by atoms with Crippen LogP contribution in [0, 0.1) is 11.3 Å². The molecule has 0 saturated carbocycles. The third-order valence-corrected chi connectivity index (χ3v) is 5.08. The number of nitrogens with one attached hydrogen (secondary N) is 1. The van der Waals surface area contributed by atoms with Crippen LogP contribution in [0.15, 0.2) is 12.2 Å². The molecule has 0 aliphatic carbocycles. The Hall–Kier alpha value is -0.300. The summed E-state index contributed by atoms with van der Waals surface area (Å²) in [6.45, 7) is 20.5. The maximum Gasteiger partial charge on any atom is 0.0578 e. The standard InChI is InChI=1S/C17H33N/c1-9-14(10-2)16(8)17(18-16,13(3)4)12-11-15(5,6)7/h14,18H,3,9-12H2,1-2,4-8H3. The molecule has 1 heteroatoms. The fourth-order valence-electron chi connectivity index (χ4n) is 3.62. The largest absolute Gasteiger partial charge is 0.298 e. The van der Waals surface area contributed by atoms with Gasteiger partial charge in [-0.2, -0.15) is 0 Å². The third kappa shape index (κ3) is 2.66. The summed E-state index contributed by atoms with van der Waals surface area (Å²) in [6.07, 6.45) is 4.98. The summed E-state index contributed by atoms with van der Waals surface area (Å²) in [4.78, 5) is 0. The van der Waals surface area contributed by atoms with Gasteiger partial charge in [-0.25, -0.2) is 0 Å². The Morgan fingerprint density at radius 1 is 1.22 bits per heavy atom. The zero-order valence-electron chi connectivity index (χ0n) is 13.6. The topological polar surface area (TPSA) is 21.9 Å². The van der Waals surface area contributed by atoms with Crippen LogP contribution in [0.5, 0.6) is 0 Å². The molecule has 0 aromatic rings. The van der Waals surface area contributed by atoms with Crippen LogP contribution in [0.25, 0.3) is 0 Å². The van der Waals surface area contributed by atoms with E-state index in [1.54, 1.807) is 0 Å². The molecule has 1 saturated heterocycles. The summed E-state index contributed by atoms with van der Waals surface area (Å²) in [6, 6.07) is 0. The highest BCUT2D eigenvalue weighted by Gasteiger charge is 2.66. The van der Waals surface area contributed by atoms with Crippen molar-refractivity contribution >= 4 is 0 Å². The van der Waals surface area contributed by atoms with Gasteiger partial charge in [-0.3, -0.25) is 5.32 Å². The van der Waals surface area contributed by atoms with Gasteiger partial charge >= 0.3 is 0 Å². The lowest BCUT2D eigenvalue weighted by atomic mass is 9.73. The second-order valence-corrected chi connectivity index (χ2v) is 7.59. The number of hydrogen-bond acceptors (Lipinski definition) is 1. The lowest BCUT2D eigenvalue weighted by Crippen LogP contribution is -2.32. The summed E-state index contributed by atoms with van der Waals surface area (Å²) >= 11 is 0. The van der Waals surface area contributed by atoms with Crippen molar-refractivity contribution in [3.05, 3.63) is 12.2 Å². The van der Waals surface area contributed by atoms with Crippen molar-refractivity contribution in [2.75, 3.05) is 0 Å². The first-order valence-corrected chi connectivity index (χ1v) is 7.58. The highest BCUT2D eigenvalue weighted by atomic mass is 15.3. The minimum absolute atomic E-state index is 0.191. The van der Waals surface area contributed by atoms with Crippen molar-refractivity contribution in [3.63, 3.8) is 0 Å². The molecule has 0 aromatic heterocycles. The van der Waals surface area contributed by atoms with Crippen LogP contribution in [-0.2, 0) is 0 Å². The molecule has 0 spiro atoms. The number of hydrogen-bond donors (Lipinski definition) is 1. The maximum atomic E-state index is 4.27. The molecule has 0 bridgehead atoms. The molecule has 2 unspecified atom stereocenters. The minimum atomic E-state index is 0.191. The van der Waals surface area contributed by atoms with Crippen LogP contribution in [0.2, 0.25) is 0 Å². The van der Waals surface area contributed by atoms with Crippen LogP contribution < -0.4 is 5.32 Å². The SMILES string of the molecule is C=C(C)C1(CCC(C)(C)C)NC1(C)C(CC)CC. The lowest BCUT2D eigenvalue weighted by Gasteiger charge is -2.29. The molecule has 1 N–H and O–H groups in total. The van der Waals surface area contributed by atoms with Crippen molar-refractivity contribution in [2.24, 2.45) is 11.3 Å². The van der Waals surface area contributed by atoms with Gasteiger partial charge in [0.05, 0.1) is 5.54 Å². The maximum absolute atomic E-state index is 4.27. The second kappa shape index (κ2) is 5.00. The molecule has 106 valence electrons. The first kappa shape index (κ1) is 15.8. The molecule has 2 atom stereocenters. The Morgan fingerprint density at radius 3 is 2.06 bits per heavy atom. The monoisotopic (exact) mass is 251 g/mol. The van der Waals surface area contributed by atoms with Gasteiger partial charge in [-0.1, -0.05) is 59.6 Å². The predicted octanol–water partition coefficient (Wildman–Crippen LogP) is 4.93. The summed E-state index contributed by atoms with van der Waals surface area (Å²) in [5.74, 6) is 0.758. The van der Waals surface area contributed by atoms with Crippen molar-refractivity contribution in [2.45, 2.75) is 85.2 Å². The fraction of sp³-hybridized carbons (Fsp3) is 0.882. The van der Waals surface area contributed by atoms with E-state index in [4.69, 9.17) is 0 Å². The molecule has 0 amide bonds. The average Bonchev–Trinajstić information content (AvgIpc) is 2.84. The van der Waals surface area contributed by atoms with Gasteiger partial charge in [0.25, 0.3) is 0 Å². The normalized spacial score (nSPS) is 31.8. The van der Waals surface area contributed by atoms with Gasteiger partial charge < -0.3 is 0 Å². The van der Waals surface area contributed by atoms with E-state index in [1.165, 1.54) is 31.3 Å². The quantitative estimate of drug-likeness (QED) is 0.525. The molecule has 1 heterocycles. The van der Waals surface area contributed by atoms with Crippen molar-refractivity contribution < 1.29 is 0 Å². The van der Waals surface area contributed by atoms with Crippen LogP contribution in [0.3, 0.4) is 0 Å². The fourth-order valence-corrected chi connectivity index (χ4v) is 3.62. The van der Waals surface area contributed by atoms with E-state index in [0.717, 1.165) is 5.92 Å². The van der Waals surface area contributed by atoms with E-state index in [2.05, 4.69) is 60.4 Å². The summed E-state index contributed by atoms with van der Waals surface area (Å²) < 4.78 is 0. The molecule has 1 nitrogen and oxygen atoms in total. The van der Waals surface area contributed by atoms with Crippen LogP contribution >= 0.6 is 0 Å². The molecule has 1 aliphatic rings. The first-order chi connectivity index (χ1) is 8.13. The van der Waals surface area contributed by atoms with Gasteiger partial charge in [0, 0.05) is 5.54 Å². The molecule has 18 heavy (non-hydrogen) atoms. The van der Waals surface area contributed by atoms with E-state index in [1.807, 2.05) is 0 Å². The predicted molar refractivity (Wildman–Crippen MR) is 81.8 cm³/mol. The van der Waals surface area contributed by atoms with Crippen molar-refractivity contribution in [1.29, 1.82) is 0 Å². The molecular weight excluding hydrogens is 218 g/mol. The highest BCUT2D eigenvalue weighted by Crippen LogP contribution is 2.54. The summed E-state index contributed by atoms with van der Waals surface area (Å²) in [7, 11) is 0. The molecule has 0 aromatic carbocycles. The van der Waals surface area contributed by atoms with E-state index in [0.29, 0.717) is 5.41 Å². The Morgan fingerprint density at radius 2 is 1.72 bits per heavy atom. The Labute approximate surface area is 114 Å². The van der Waals surface area contributed by atoms with Crippen molar-refractivity contribution in [1.82, 2.24) is 5.32 Å². The van der Waals surface area contributed by atoms with Crippen molar-refractivity contribution in [3.8, 4) is 0 Å². The van der Waals surface area contributed by atoms with E-state index < -0.39 is 0 Å². The van der Waals surface area contributed by atoms with E-state index >= 15 is 0 Å². The average molecular weight is 251 g/mol. The minimum Gasteiger partial charge on any atom is -0.298 e. The van der Waals surface area contributed by atoms with Gasteiger partial charge in [0.1, 0.15) is 0 Å². The van der Waals surface area contributed by atoms with Crippen LogP contribution in [0.4, 0.5) is 0 Å². The second-order valence-electron chi connectivity index (χ2n) is 7.59. The lowest BCUT2D eigenvalue weighted by molar-refractivity contribution is 0.311. The van der Waals surface area contributed by atoms with E-state index in [-0.39, 0.29) is 11.1 Å². The number of rotatable bonds is 6. The third-order valence-electron chi connectivity index (χ3n) is 5.08. The van der Waals surface area contributed by atoms with E-state index in [9.17, 15) is 0 Å². The Bertz CT molecular complexity index is 308. The summed E-state index contributed by atoms with van der Waals surface area (Å²) in [5.41, 5.74) is 2.19. The van der Waals surface area contributed by atoms with Gasteiger partial charge in [-0.15, -0.1) is 0 Å². The highest BCUT2D eigenvalue weighted by molar-refractivity contribution is 5.39. The zero-order chi connectivity index (χ0) is 14.2.